The number of aromatic nitrogens is 4. The maximum Gasteiger partial charge on any atom is 0.130 e. The van der Waals surface area contributed by atoms with Crippen molar-refractivity contribution < 1.29 is 0 Å². The van der Waals surface area contributed by atoms with Crippen LogP contribution < -0.4 is 5.32 Å². The molecule has 0 spiro atoms. The van der Waals surface area contributed by atoms with Crippen LogP contribution >= 0.6 is 11.8 Å². The molecule has 0 saturated carbocycles. The van der Waals surface area contributed by atoms with Crippen LogP contribution in [0.1, 0.15) is 0 Å². The average molecular weight is 269 g/mol. The van der Waals surface area contributed by atoms with Crippen LogP contribution in [0.4, 0.5) is 5.82 Å². The topological polar surface area (TPSA) is 63.6 Å². The van der Waals surface area contributed by atoms with Gasteiger partial charge in [0, 0.05) is 18.5 Å². The predicted octanol–water partition coefficient (Wildman–Crippen LogP) is 2.61. The zero-order valence-corrected chi connectivity index (χ0v) is 11.1. The van der Waals surface area contributed by atoms with Crippen LogP contribution in [0.5, 0.6) is 0 Å². The Morgan fingerprint density at radius 2 is 1.84 bits per heavy atom. The van der Waals surface area contributed by atoms with Gasteiger partial charge in [-0.25, -0.2) is 19.9 Å². The number of para-hydroxylation sites is 1. The third-order valence-corrected chi connectivity index (χ3v) is 3.56. The minimum absolute atomic E-state index is 0.788. The Kier molecular flexibility index (Phi) is 3.24. The summed E-state index contributed by atoms with van der Waals surface area (Å²) >= 11 is 1.50. The van der Waals surface area contributed by atoms with Crippen molar-refractivity contribution in [2.75, 3.05) is 12.4 Å². The standard InChI is InChI=1S/C13H11N5S/c1-14-11-6-12(17-8-16-11)19-13-9-4-2-3-5-10(9)15-7-18-13/h2-8H,1H3,(H,14,16,17). The molecular weight excluding hydrogens is 258 g/mol. The normalized spacial score (nSPS) is 10.6. The number of rotatable bonds is 3. The lowest BCUT2D eigenvalue weighted by Crippen LogP contribution is -1.94. The molecule has 0 aliphatic rings. The maximum absolute atomic E-state index is 4.33. The second kappa shape index (κ2) is 5.19. The molecule has 1 N–H and O–H groups in total. The lowest BCUT2D eigenvalue weighted by atomic mass is 10.2. The Bertz CT molecular complexity index is 711. The summed E-state index contributed by atoms with van der Waals surface area (Å²) in [7, 11) is 1.83. The van der Waals surface area contributed by atoms with Gasteiger partial charge in [-0.15, -0.1) is 0 Å². The van der Waals surface area contributed by atoms with Gasteiger partial charge in [0.15, 0.2) is 0 Å². The highest BCUT2D eigenvalue weighted by Gasteiger charge is 2.06. The number of benzene rings is 1. The Morgan fingerprint density at radius 3 is 2.74 bits per heavy atom. The fourth-order valence-electron chi connectivity index (χ4n) is 1.69. The highest BCUT2D eigenvalue weighted by atomic mass is 32.2. The largest absolute Gasteiger partial charge is 0.373 e. The maximum atomic E-state index is 4.33. The smallest absolute Gasteiger partial charge is 0.130 e. The fraction of sp³-hybridized carbons (Fsp3) is 0.0769. The van der Waals surface area contributed by atoms with E-state index >= 15 is 0 Å². The highest BCUT2D eigenvalue weighted by molar-refractivity contribution is 7.99. The van der Waals surface area contributed by atoms with Crippen molar-refractivity contribution in [3.8, 4) is 0 Å². The fourth-order valence-corrected chi connectivity index (χ4v) is 2.54. The Labute approximate surface area is 114 Å². The number of nitrogens with zero attached hydrogens (tertiary/aromatic N) is 4. The summed E-state index contributed by atoms with van der Waals surface area (Å²) in [4.78, 5) is 16.9. The summed E-state index contributed by atoms with van der Waals surface area (Å²) in [6.45, 7) is 0. The van der Waals surface area contributed by atoms with Gasteiger partial charge in [-0.2, -0.15) is 0 Å². The molecule has 0 bridgehead atoms. The second-order valence-corrected chi connectivity index (χ2v) is 4.80. The summed E-state index contributed by atoms with van der Waals surface area (Å²) in [6, 6.07) is 9.82. The van der Waals surface area contributed by atoms with E-state index in [9.17, 15) is 0 Å². The van der Waals surface area contributed by atoms with Crippen molar-refractivity contribution in [2.24, 2.45) is 0 Å². The summed E-state index contributed by atoms with van der Waals surface area (Å²) < 4.78 is 0. The molecule has 2 aromatic heterocycles. The number of hydrogen-bond acceptors (Lipinski definition) is 6. The van der Waals surface area contributed by atoms with Crippen LogP contribution in [0.15, 0.2) is 53.0 Å². The Morgan fingerprint density at radius 1 is 1.00 bits per heavy atom. The van der Waals surface area contributed by atoms with Gasteiger partial charge in [0.2, 0.25) is 0 Å². The molecule has 0 aliphatic heterocycles. The van der Waals surface area contributed by atoms with E-state index < -0.39 is 0 Å². The van der Waals surface area contributed by atoms with Crippen molar-refractivity contribution in [1.29, 1.82) is 0 Å². The first kappa shape index (κ1) is 11.9. The van der Waals surface area contributed by atoms with Crippen LogP contribution in [-0.4, -0.2) is 27.0 Å². The zero-order valence-electron chi connectivity index (χ0n) is 10.2. The van der Waals surface area contributed by atoms with E-state index in [1.54, 1.807) is 6.33 Å². The minimum atomic E-state index is 0.788. The third kappa shape index (κ3) is 2.48. The summed E-state index contributed by atoms with van der Waals surface area (Å²) in [5, 5.41) is 5.77. The first-order valence-electron chi connectivity index (χ1n) is 5.74. The molecule has 0 atom stereocenters. The number of anilines is 1. The lowest BCUT2D eigenvalue weighted by Gasteiger charge is -2.04. The van der Waals surface area contributed by atoms with Crippen LogP contribution in [0.2, 0.25) is 0 Å². The van der Waals surface area contributed by atoms with Crippen LogP contribution in [0.25, 0.3) is 10.9 Å². The quantitative estimate of drug-likeness (QED) is 0.737. The molecule has 0 aliphatic carbocycles. The number of nitrogens with one attached hydrogen (secondary N) is 1. The SMILES string of the molecule is CNc1cc(Sc2ncnc3ccccc23)ncn1. The molecule has 5 nitrogen and oxygen atoms in total. The third-order valence-electron chi connectivity index (χ3n) is 2.61. The van der Waals surface area contributed by atoms with Gasteiger partial charge in [0.05, 0.1) is 5.52 Å². The summed E-state index contributed by atoms with van der Waals surface area (Å²) in [5.74, 6) is 0.788. The first-order valence-corrected chi connectivity index (χ1v) is 6.56. The monoisotopic (exact) mass is 269 g/mol. The van der Waals surface area contributed by atoms with Gasteiger partial charge < -0.3 is 5.32 Å². The molecule has 0 saturated heterocycles. The van der Waals surface area contributed by atoms with Crippen LogP contribution in [-0.2, 0) is 0 Å². The van der Waals surface area contributed by atoms with E-state index in [-0.39, 0.29) is 0 Å². The van der Waals surface area contributed by atoms with Gasteiger partial charge in [-0.1, -0.05) is 18.2 Å². The van der Waals surface area contributed by atoms with Crippen molar-refractivity contribution in [1.82, 2.24) is 19.9 Å². The number of fused-ring (bicyclic) bond motifs is 1. The predicted molar refractivity (Wildman–Crippen MR) is 75.2 cm³/mol. The van der Waals surface area contributed by atoms with Crippen molar-refractivity contribution in [3.63, 3.8) is 0 Å². The molecular formula is C13H11N5S. The second-order valence-electron chi connectivity index (χ2n) is 3.79. The van der Waals surface area contributed by atoms with E-state index in [0.717, 1.165) is 26.8 Å². The Balaban J connectivity index is 2.01. The van der Waals surface area contributed by atoms with Gasteiger partial charge >= 0.3 is 0 Å². The molecule has 2 heterocycles. The highest BCUT2D eigenvalue weighted by Crippen LogP contribution is 2.29. The molecule has 6 heteroatoms. The molecule has 3 aromatic rings. The van der Waals surface area contributed by atoms with E-state index in [4.69, 9.17) is 0 Å². The molecule has 0 unspecified atom stereocenters. The molecule has 1 aromatic carbocycles. The van der Waals surface area contributed by atoms with E-state index in [0.29, 0.717) is 0 Å². The molecule has 3 rings (SSSR count). The van der Waals surface area contributed by atoms with Gasteiger partial charge in [-0.05, 0) is 17.8 Å². The van der Waals surface area contributed by atoms with Crippen LogP contribution in [0.3, 0.4) is 0 Å². The molecule has 19 heavy (non-hydrogen) atoms. The summed E-state index contributed by atoms with van der Waals surface area (Å²) in [5.41, 5.74) is 0.933. The van der Waals surface area contributed by atoms with Crippen LogP contribution in [0, 0.1) is 0 Å². The average Bonchev–Trinajstić information content (AvgIpc) is 2.48. The van der Waals surface area contributed by atoms with E-state index in [1.165, 1.54) is 18.1 Å². The van der Waals surface area contributed by atoms with Crippen molar-refractivity contribution >= 4 is 28.5 Å². The van der Waals surface area contributed by atoms with Gasteiger partial charge in [0.1, 0.15) is 28.5 Å². The summed E-state index contributed by atoms with van der Waals surface area (Å²) in [6.07, 6.45) is 3.11. The zero-order chi connectivity index (χ0) is 13.1. The lowest BCUT2D eigenvalue weighted by molar-refractivity contribution is 1.03. The van der Waals surface area contributed by atoms with E-state index in [1.807, 2.05) is 37.4 Å². The molecule has 0 radical (unpaired) electrons. The van der Waals surface area contributed by atoms with Gasteiger partial charge in [0.25, 0.3) is 0 Å². The molecule has 0 fully saturated rings. The van der Waals surface area contributed by atoms with E-state index in [2.05, 4.69) is 25.3 Å². The molecule has 94 valence electrons. The van der Waals surface area contributed by atoms with Crippen molar-refractivity contribution in [2.45, 2.75) is 10.1 Å². The van der Waals surface area contributed by atoms with Gasteiger partial charge in [-0.3, -0.25) is 0 Å². The number of hydrogen-bond donors (Lipinski definition) is 1. The van der Waals surface area contributed by atoms with Crippen molar-refractivity contribution in [3.05, 3.63) is 43.0 Å². The Hall–Kier alpha value is -2.21. The first-order chi connectivity index (χ1) is 9.36. The molecule has 0 amide bonds. The minimum Gasteiger partial charge on any atom is -0.373 e.